The average Bonchev–Trinajstić information content (AvgIpc) is 1.88. The lowest BCUT2D eigenvalue weighted by molar-refractivity contribution is -0.114. The van der Waals surface area contributed by atoms with Crippen LogP contribution in [0.1, 0.15) is 32.6 Å². The van der Waals surface area contributed by atoms with Crippen LogP contribution in [0.25, 0.3) is 0 Å². The van der Waals surface area contributed by atoms with Gasteiger partial charge in [0, 0.05) is 6.42 Å². The highest BCUT2D eigenvalue weighted by Crippen LogP contribution is 2.08. The first-order valence-corrected chi connectivity index (χ1v) is 4.29. The van der Waals surface area contributed by atoms with Crippen LogP contribution in [0.5, 0.6) is 0 Å². The van der Waals surface area contributed by atoms with Gasteiger partial charge in [0.2, 0.25) is 0 Å². The van der Waals surface area contributed by atoms with Crippen LogP contribution < -0.4 is 0 Å². The normalized spacial score (nSPS) is 9.40. The van der Waals surface area contributed by atoms with Crippen LogP contribution in [-0.4, -0.2) is 5.78 Å². The van der Waals surface area contributed by atoms with Gasteiger partial charge in [-0.1, -0.05) is 19.8 Å². The minimum Gasteiger partial charge on any atom is -0.294 e. The van der Waals surface area contributed by atoms with E-state index in [-0.39, 0.29) is 10.3 Å². The lowest BCUT2D eigenvalue weighted by Crippen LogP contribution is -1.95. The zero-order valence-electron chi connectivity index (χ0n) is 6.19. The monoisotopic (exact) mass is 203 g/mol. The number of Topliss-reactive ketones (excluding diaryl/α,β-unsaturated/α-hetero) is 1. The number of carbonyl (C=O) groups excluding carboxylic acids is 1. The van der Waals surface area contributed by atoms with Gasteiger partial charge in [0.15, 0.2) is 5.78 Å². The Morgan fingerprint density at radius 2 is 2.10 bits per heavy atom. The van der Waals surface area contributed by atoms with E-state index in [2.05, 4.69) is 22.9 Å². The van der Waals surface area contributed by atoms with E-state index >= 15 is 0 Å². The molecule has 0 rings (SSSR count). The molecule has 10 heavy (non-hydrogen) atoms. The topological polar surface area (TPSA) is 17.1 Å². The van der Waals surface area contributed by atoms with Crippen molar-refractivity contribution in [2.75, 3.05) is 0 Å². The van der Waals surface area contributed by atoms with Gasteiger partial charge in [0.05, 0.1) is 4.48 Å². The smallest absolute Gasteiger partial charge is 0.169 e. The molecule has 0 atom stereocenters. The summed E-state index contributed by atoms with van der Waals surface area (Å²) in [5.41, 5.74) is 0. The maximum absolute atomic E-state index is 10.8. The van der Waals surface area contributed by atoms with Crippen LogP contribution in [0, 0.1) is 6.58 Å². The molecule has 0 fully saturated rings. The molecular formula is C8H12BrO. The van der Waals surface area contributed by atoms with E-state index in [4.69, 9.17) is 6.58 Å². The molecule has 1 radical (unpaired) electrons. The van der Waals surface area contributed by atoms with Crippen molar-refractivity contribution in [2.24, 2.45) is 0 Å². The van der Waals surface area contributed by atoms with Crippen molar-refractivity contribution < 1.29 is 4.79 Å². The summed E-state index contributed by atoms with van der Waals surface area (Å²) in [6.07, 6.45) is 3.76. The first-order chi connectivity index (χ1) is 4.68. The lowest BCUT2D eigenvalue weighted by Gasteiger charge is -1.95. The van der Waals surface area contributed by atoms with Crippen molar-refractivity contribution >= 4 is 21.7 Å². The van der Waals surface area contributed by atoms with Crippen molar-refractivity contribution in [1.29, 1.82) is 0 Å². The quantitative estimate of drug-likeness (QED) is 0.497. The molecule has 0 saturated carbocycles. The number of unbranched alkanes of at least 4 members (excludes halogenated alkanes) is 2. The number of allylic oxidation sites excluding steroid dienone is 1. The summed E-state index contributed by atoms with van der Waals surface area (Å²) in [6.45, 7) is 7.30. The Labute approximate surface area is 70.6 Å². The Hall–Kier alpha value is -0.110. The Balaban J connectivity index is 3.31. The van der Waals surface area contributed by atoms with Crippen LogP contribution in [0.2, 0.25) is 0 Å². The Morgan fingerprint density at radius 1 is 1.50 bits per heavy atom. The standard InChI is InChI=1S/C8H12BrO/c1-3-4-5-6-8(10)7(2)9/h2H,3-6H2,1H3. The molecule has 0 N–H and O–H groups in total. The Kier molecular flexibility index (Phi) is 5.60. The van der Waals surface area contributed by atoms with Gasteiger partial charge >= 0.3 is 0 Å². The van der Waals surface area contributed by atoms with Crippen molar-refractivity contribution in [3.05, 3.63) is 11.1 Å². The molecule has 1 nitrogen and oxygen atoms in total. The fourth-order valence-electron chi connectivity index (χ4n) is 0.655. The Morgan fingerprint density at radius 3 is 2.50 bits per heavy atom. The summed E-state index contributed by atoms with van der Waals surface area (Å²) < 4.78 is 0.253. The third kappa shape index (κ3) is 4.74. The van der Waals surface area contributed by atoms with E-state index in [0.29, 0.717) is 6.42 Å². The molecule has 0 aliphatic carbocycles. The number of hydrogen-bond donors (Lipinski definition) is 0. The first-order valence-electron chi connectivity index (χ1n) is 3.49. The number of hydrogen-bond acceptors (Lipinski definition) is 1. The van der Waals surface area contributed by atoms with Crippen molar-refractivity contribution in [1.82, 2.24) is 0 Å². The van der Waals surface area contributed by atoms with Crippen LogP contribution in [-0.2, 0) is 4.79 Å². The summed E-state index contributed by atoms with van der Waals surface area (Å²) in [7, 11) is 0. The molecule has 57 valence electrons. The van der Waals surface area contributed by atoms with E-state index in [0.717, 1.165) is 19.3 Å². The molecule has 0 aromatic rings. The van der Waals surface area contributed by atoms with Gasteiger partial charge in [0.1, 0.15) is 0 Å². The SMILES string of the molecule is [CH]=C(Br)C(=O)CCCCC. The number of ketones is 1. The van der Waals surface area contributed by atoms with E-state index in [1.54, 1.807) is 0 Å². The predicted octanol–water partition coefficient (Wildman–Crippen LogP) is 2.85. The van der Waals surface area contributed by atoms with Crippen molar-refractivity contribution in [3.8, 4) is 0 Å². The molecule has 0 amide bonds. The highest BCUT2D eigenvalue weighted by atomic mass is 79.9. The second-order valence-electron chi connectivity index (χ2n) is 2.23. The molecule has 0 saturated heterocycles. The molecule has 0 aromatic heterocycles. The van der Waals surface area contributed by atoms with Gasteiger partial charge in [-0.3, -0.25) is 4.79 Å². The van der Waals surface area contributed by atoms with E-state index in [9.17, 15) is 4.79 Å². The fraction of sp³-hybridized carbons (Fsp3) is 0.625. The number of carbonyl (C=O) groups is 1. The summed E-state index contributed by atoms with van der Waals surface area (Å²) in [4.78, 5) is 10.8. The van der Waals surface area contributed by atoms with Gasteiger partial charge in [-0.25, -0.2) is 0 Å². The molecule has 2 heteroatoms. The summed E-state index contributed by atoms with van der Waals surface area (Å²) >= 11 is 2.94. The van der Waals surface area contributed by atoms with Gasteiger partial charge in [0.25, 0.3) is 0 Å². The summed E-state index contributed by atoms with van der Waals surface area (Å²) in [6, 6.07) is 0. The minimum absolute atomic E-state index is 0.0217. The molecule has 0 spiro atoms. The zero-order valence-corrected chi connectivity index (χ0v) is 7.78. The number of rotatable bonds is 5. The van der Waals surface area contributed by atoms with Crippen molar-refractivity contribution in [2.45, 2.75) is 32.6 Å². The van der Waals surface area contributed by atoms with Gasteiger partial charge in [-0.2, -0.15) is 0 Å². The lowest BCUT2D eigenvalue weighted by atomic mass is 10.1. The fourth-order valence-corrected chi connectivity index (χ4v) is 0.853. The molecule has 0 bridgehead atoms. The van der Waals surface area contributed by atoms with Crippen LogP contribution in [0.3, 0.4) is 0 Å². The van der Waals surface area contributed by atoms with Gasteiger partial charge < -0.3 is 0 Å². The van der Waals surface area contributed by atoms with E-state index in [1.165, 1.54) is 0 Å². The molecule has 0 aliphatic heterocycles. The maximum atomic E-state index is 10.8. The second kappa shape index (κ2) is 5.66. The maximum Gasteiger partial charge on any atom is 0.169 e. The average molecular weight is 204 g/mol. The molecule has 0 aromatic carbocycles. The molecule has 0 unspecified atom stereocenters. The number of halogens is 1. The molecule has 0 aliphatic rings. The van der Waals surface area contributed by atoms with Crippen LogP contribution in [0.4, 0.5) is 0 Å². The van der Waals surface area contributed by atoms with E-state index in [1.807, 2.05) is 0 Å². The van der Waals surface area contributed by atoms with Crippen molar-refractivity contribution in [3.63, 3.8) is 0 Å². The highest BCUT2D eigenvalue weighted by molar-refractivity contribution is 9.12. The third-order valence-corrected chi connectivity index (χ3v) is 1.72. The first kappa shape index (κ1) is 9.89. The minimum atomic E-state index is 0.0217. The molecule has 0 heterocycles. The summed E-state index contributed by atoms with van der Waals surface area (Å²) in [5, 5.41) is 0. The second-order valence-corrected chi connectivity index (χ2v) is 3.08. The third-order valence-electron chi connectivity index (χ3n) is 1.27. The van der Waals surface area contributed by atoms with Gasteiger partial charge in [-0.15, -0.1) is 0 Å². The van der Waals surface area contributed by atoms with Crippen LogP contribution >= 0.6 is 15.9 Å². The van der Waals surface area contributed by atoms with E-state index < -0.39 is 0 Å². The Bertz CT molecular complexity index is 129. The highest BCUT2D eigenvalue weighted by Gasteiger charge is 2.01. The summed E-state index contributed by atoms with van der Waals surface area (Å²) in [5.74, 6) is 0.0217. The predicted molar refractivity (Wildman–Crippen MR) is 45.9 cm³/mol. The van der Waals surface area contributed by atoms with Gasteiger partial charge in [-0.05, 0) is 28.9 Å². The largest absolute Gasteiger partial charge is 0.294 e. The molecular weight excluding hydrogens is 192 g/mol. The van der Waals surface area contributed by atoms with Crippen LogP contribution in [0.15, 0.2) is 4.48 Å². The zero-order chi connectivity index (χ0) is 7.98.